The Labute approximate surface area is 99.2 Å². The summed E-state index contributed by atoms with van der Waals surface area (Å²) in [6.07, 6.45) is 2.39. The van der Waals surface area contributed by atoms with Gasteiger partial charge in [0.05, 0.1) is 6.61 Å². The molecule has 0 heterocycles. The first-order valence-corrected chi connectivity index (χ1v) is 6.19. The Morgan fingerprint density at radius 2 is 1.62 bits per heavy atom. The van der Waals surface area contributed by atoms with Gasteiger partial charge in [-0.05, 0) is 26.2 Å². The topological polar surface area (TPSA) is 36.9 Å². The summed E-state index contributed by atoms with van der Waals surface area (Å²) in [6.45, 7) is 10.0. The molecule has 0 N–H and O–H groups in total. The van der Waals surface area contributed by atoms with E-state index >= 15 is 0 Å². The lowest BCUT2D eigenvalue weighted by Crippen LogP contribution is -2.23. The maximum atomic E-state index is 5.49. The normalized spacial score (nSPS) is 13.3. The highest BCUT2D eigenvalue weighted by Gasteiger charge is 2.18. The first-order valence-electron chi connectivity index (χ1n) is 6.19. The minimum absolute atomic E-state index is 0.229. The van der Waals surface area contributed by atoms with E-state index < -0.39 is 0 Å². The van der Waals surface area contributed by atoms with Crippen molar-refractivity contribution in [2.24, 2.45) is 0 Å². The second-order valence-electron chi connectivity index (χ2n) is 3.36. The minimum Gasteiger partial charge on any atom is -0.352 e. The Balaban J connectivity index is 3.90. The van der Waals surface area contributed by atoms with Crippen LogP contribution in [0.5, 0.6) is 0 Å². The van der Waals surface area contributed by atoms with Crippen LogP contribution in [0.1, 0.15) is 47.0 Å². The first-order chi connectivity index (χ1) is 7.78. The Hall–Kier alpha value is -0.160. The zero-order valence-corrected chi connectivity index (χ0v) is 11.0. The molecule has 0 saturated carbocycles. The van der Waals surface area contributed by atoms with Gasteiger partial charge in [0, 0.05) is 13.2 Å². The van der Waals surface area contributed by atoms with Crippen molar-refractivity contribution in [1.29, 1.82) is 0 Å². The van der Waals surface area contributed by atoms with Crippen molar-refractivity contribution in [3.05, 3.63) is 6.48 Å². The molecule has 1 unspecified atom stereocenters. The third-order valence-corrected chi connectivity index (χ3v) is 1.76. The molecule has 0 aromatic heterocycles. The summed E-state index contributed by atoms with van der Waals surface area (Å²) in [5.74, 6) is 0. The molecule has 0 aliphatic rings. The summed E-state index contributed by atoms with van der Waals surface area (Å²) in [7, 11) is 0. The highest BCUT2D eigenvalue weighted by Crippen LogP contribution is 2.14. The summed E-state index contributed by atoms with van der Waals surface area (Å²) < 4.78 is 21.6. The van der Waals surface area contributed by atoms with Crippen molar-refractivity contribution in [3.8, 4) is 0 Å². The summed E-state index contributed by atoms with van der Waals surface area (Å²) in [5, 5.41) is 0. The maximum absolute atomic E-state index is 5.49. The Kier molecular flexibility index (Phi) is 11.2. The maximum Gasteiger partial charge on any atom is 0.372 e. The van der Waals surface area contributed by atoms with Crippen LogP contribution >= 0.6 is 0 Å². The summed E-state index contributed by atoms with van der Waals surface area (Å²) in [6, 6.07) is 0. The van der Waals surface area contributed by atoms with E-state index in [4.69, 9.17) is 18.9 Å². The smallest absolute Gasteiger partial charge is 0.352 e. The van der Waals surface area contributed by atoms with E-state index in [1.807, 2.05) is 20.8 Å². The fraction of sp³-hybridized carbons (Fsp3) is 0.917. The summed E-state index contributed by atoms with van der Waals surface area (Å²) in [5.41, 5.74) is 0. The van der Waals surface area contributed by atoms with Crippen molar-refractivity contribution >= 4 is 0 Å². The molecule has 0 aliphatic carbocycles. The zero-order valence-electron chi connectivity index (χ0n) is 11.0. The molecule has 0 spiro atoms. The Morgan fingerprint density at radius 3 is 2.12 bits per heavy atom. The Bertz CT molecular complexity index is 141. The zero-order chi connectivity index (χ0) is 12.2. The number of rotatable bonds is 11. The van der Waals surface area contributed by atoms with Crippen LogP contribution in [0.4, 0.5) is 0 Å². The van der Waals surface area contributed by atoms with Gasteiger partial charge in [-0.1, -0.05) is 20.8 Å². The lowest BCUT2D eigenvalue weighted by atomic mass is 10.4. The molecule has 0 rings (SSSR count). The van der Waals surface area contributed by atoms with Gasteiger partial charge in [0.1, 0.15) is 0 Å². The molecule has 0 aromatic rings. The van der Waals surface area contributed by atoms with Crippen molar-refractivity contribution < 1.29 is 18.9 Å². The highest BCUT2D eigenvalue weighted by atomic mass is 16.9. The fourth-order valence-electron chi connectivity index (χ4n) is 1.00. The molecular formula is C12H25O4. The van der Waals surface area contributed by atoms with Crippen LogP contribution < -0.4 is 0 Å². The molecule has 0 saturated heterocycles. The number of hydrogen-bond donors (Lipinski definition) is 0. The van der Waals surface area contributed by atoms with E-state index in [9.17, 15) is 0 Å². The van der Waals surface area contributed by atoms with E-state index in [0.717, 1.165) is 19.3 Å². The van der Waals surface area contributed by atoms with E-state index in [1.165, 1.54) is 0 Å². The third kappa shape index (κ3) is 8.05. The molecule has 0 fully saturated rings. The second kappa shape index (κ2) is 11.3. The van der Waals surface area contributed by atoms with E-state index in [-0.39, 0.29) is 12.8 Å². The molecule has 0 aromatic carbocycles. The SMILES string of the molecule is CCCO[C](OCC)OC(CC)OCCC. The first kappa shape index (κ1) is 15.8. The predicted molar refractivity (Wildman–Crippen MR) is 62.5 cm³/mol. The van der Waals surface area contributed by atoms with Crippen LogP contribution in [0.2, 0.25) is 0 Å². The lowest BCUT2D eigenvalue weighted by molar-refractivity contribution is -0.261. The van der Waals surface area contributed by atoms with E-state index in [2.05, 4.69) is 6.92 Å². The standard InChI is InChI=1S/C12H25O4/c1-5-9-14-11(7-3)16-12(13-8-4)15-10-6-2/h11H,5-10H2,1-4H3. The fourth-order valence-corrected chi connectivity index (χ4v) is 1.00. The highest BCUT2D eigenvalue weighted by molar-refractivity contribution is 4.52. The molecule has 0 amide bonds. The Morgan fingerprint density at radius 1 is 0.938 bits per heavy atom. The molecule has 4 nitrogen and oxygen atoms in total. The van der Waals surface area contributed by atoms with Gasteiger partial charge >= 0.3 is 6.48 Å². The van der Waals surface area contributed by atoms with Gasteiger partial charge in [0.15, 0.2) is 6.29 Å². The van der Waals surface area contributed by atoms with Crippen LogP contribution in [-0.2, 0) is 18.9 Å². The van der Waals surface area contributed by atoms with Gasteiger partial charge in [-0.15, -0.1) is 0 Å². The lowest BCUT2D eigenvalue weighted by Gasteiger charge is -2.21. The molecule has 0 bridgehead atoms. The molecule has 1 atom stereocenters. The second-order valence-corrected chi connectivity index (χ2v) is 3.36. The third-order valence-electron chi connectivity index (χ3n) is 1.76. The molecule has 97 valence electrons. The van der Waals surface area contributed by atoms with Crippen molar-refractivity contribution in [1.82, 2.24) is 0 Å². The largest absolute Gasteiger partial charge is 0.372 e. The van der Waals surface area contributed by atoms with Gasteiger partial charge in [0.2, 0.25) is 0 Å². The van der Waals surface area contributed by atoms with Gasteiger partial charge in [-0.25, -0.2) is 0 Å². The number of hydrogen-bond acceptors (Lipinski definition) is 4. The van der Waals surface area contributed by atoms with Crippen molar-refractivity contribution in [2.75, 3.05) is 19.8 Å². The predicted octanol–water partition coefficient (Wildman–Crippen LogP) is 3.08. The van der Waals surface area contributed by atoms with Crippen molar-refractivity contribution in [2.45, 2.75) is 53.2 Å². The van der Waals surface area contributed by atoms with Crippen LogP contribution in [0.3, 0.4) is 0 Å². The van der Waals surface area contributed by atoms with Gasteiger partial charge in [-0.2, -0.15) is 0 Å². The summed E-state index contributed by atoms with van der Waals surface area (Å²) >= 11 is 0. The molecule has 4 heteroatoms. The van der Waals surface area contributed by atoms with Crippen molar-refractivity contribution in [3.63, 3.8) is 0 Å². The van der Waals surface area contributed by atoms with Crippen LogP contribution in [0.25, 0.3) is 0 Å². The van der Waals surface area contributed by atoms with Gasteiger partial charge in [0.25, 0.3) is 0 Å². The van der Waals surface area contributed by atoms with Crippen LogP contribution in [0.15, 0.2) is 0 Å². The molecule has 16 heavy (non-hydrogen) atoms. The van der Waals surface area contributed by atoms with Gasteiger partial charge in [-0.3, -0.25) is 4.74 Å². The quantitative estimate of drug-likeness (QED) is 0.514. The van der Waals surface area contributed by atoms with Gasteiger partial charge < -0.3 is 14.2 Å². The summed E-state index contributed by atoms with van der Waals surface area (Å²) in [4.78, 5) is 0. The molecule has 0 aliphatic heterocycles. The van der Waals surface area contributed by atoms with E-state index in [1.54, 1.807) is 0 Å². The molecular weight excluding hydrogens is 208 g/mol. The monoisotopic (exact) mass is 233 g/mol. The average Bonchev–Trinajstić information content (AvgIpc) is 2.31. The van der Waals surface area contributed by atoms with Crippen LogP contribution in [-0.4, -0.2) is 26.1 Å². The molecule has 1 radical (unpaired) electrons. The average molecular weight is 233 g/mol. The number of ether oxygens (including phenoxy) is 4. The van der Waals surface area contributed by atoms with Crippen LogP contribution in [0, 0.1) is 6.48 Å². The minimum atomic E-state index is -0.279. The van der Waals surface area contributed by atoms with E-state index in [0.29, 0.717) is 19.8 Å².